The van der Waals surface area contributed by atoms with Gasteiger partial charge in [0.1, 0.15) is 18.4 Å². The molecule has 0 aliphatic carbocycles. The molecule has 1 aliphatic heterocycles. The summed E-state index contributed by atoms with van der Waals surface area (Å²) in [5.41, 5.74) is 1.99. The second kappa shape index (κ2) is 10.4. The maximum absolute atomic E-state index is 13.9. The van der Waals surface area contributed by atoms with Gasteiger partial charge in [-0.2, -0.15) is 0 Å². The molecule has 0 spiro atoms. The van der Waals surface area contributed by atoms with E-state index in [0.29, 0.717) is 26.1 Å². The Morgan fingerprint density at radius 3 is 2.45 bits per heavy atom. The molecule has 1 N–H and O–H groups in total. The minimum absolute atomic E-state index is 0.0787. The second-order valence-electron chi connectivity index (χ2n) is 8.71. The molecule has 0 fully saturated rings. The van der Waals surface area contributed by atoms with Crippen LogP contribution >= 0.6 is 0 Å². The molecule has 0 saturated carbocycles. The molecule has 166 valence electrons. The summed E-state index contributed by atoms with van der Waals surface area (Å²) in [5.74, 6) is 0.416. The van der Waals surface area contributed by atoms with E-state index in [1.807, 2.05) is 87.4 Å². The van der Waals surface area contributed by atoms with Gasteiger partial charge in [0, 0.05) is 31.0 Å². The fraction of sp³-hybridized carbons (Fsp3) is 0.440. The number of hydrogen-bond acceptors (Lipinski definition) is 4. The van der Waals surface area contributed by atoms with Gasteiger partial charge in [0.25, 0.3) is 0 Å². The zero-order valence-electron chi connectivity index (χ0n) is 18.9. The quantitative estimate of drug-likeness (QED) is 0.744. The number of rotatable bonds is 7. The molecule has 2 aromatic carbocycles. The fourth-order valence-electron chi connectivity index (χ4n) is 3.78. The molecule has 0 radical (unpaired) electrons. The molecule has 0 aromatic heterocycles. The number of amides is 2. The number of para-hydroxylation sites is 1. The number of likely N-dealkylation sites (N-methyl/N-ethyl adjacent to an activating group) is 1. The molecule has 1 aliphatic rings. The third kappa shape index (κ3) is 6.07. The highest BCUT2D eigenvalue weighted by Gasteiger charge is 2.34. The molecule has 2 amide bonds. The number of carbonyl (C=O) groups is 2. The van der Waals surface area contributed by atoms with Crippen molar-refractivity contribution < 1.29 is 14.3 Å². The Bertz CT molecular complexity index is 883. The van der Waals surface area contributed by atoms with Crippen molar-refractivity contribution in [1.29, 1.82) is 0 Å². The fourth-order valence-corrected chi connectivity index (χ4v) is 3.78. The third-order valence-electron chi connectivity index (χ3n) is 5.47. The minimum Gasteiger partial charge on any atom is -0.491 e. The molecule has 31 heavy (non-hydrogen) atoms. The number of fused-ring (bicyclic) bond motifs is 1. The van der Waals surface area contributed by atoms with Crippen LogP contribution in [0.25, 0.3) is 0 Å². The highest BCUT2D eigenvalue weighted by Crippen LogP contribution is 2.26. The predicted octanol–water partition coefficient (Wildman–Crippen LogP) is 2.72. The summed E-state index contributed by atoms with van der Waals surface area (Å²) >= 11 is 0. The van der Waals surface area contributed by atoms with E-state index in [1.54, 1.807) is 0 Å². The van der Waals surface area contributed by atoms with Crippen LogP contribution in [-0.2, 0) is 22.6 Å². The first-order valence-electron chi connectivity index (χ1n) is 10.9. The largest absolute Gasteiger partial charge is 0.491 e. The maximum Gasteiger partial charge on any atom is 0.246 e. The monoisotopic (exact) mass is 423 g/mol. The lowest BCUT2D eigenvalue weighted by molar-refractivity contribution is -0.140. The summed E-state index contributed by atoms with van der Waals surface area (Å²) in [6.07, 6.45) is 0.450. The van der Waals surface area contributed by atoms with Crippen molar-refractivity contribution in [2.75, 3.05) is 27.2 Å². The van der Waals surface area contributed by atoms with Crippen LogP contribution in [0.1, 0.15) is 25.0 Å². The summed E-state index contributed by atoms with van der Waals surface area (Å²) in [5, 5.41) is 3.00. The number of nitrogens with one attached hydrogen (secondary N) is 1. The van der Waals surface area contributed by atoms with Crippen molar-refractivity contribution in [2.24, 2.45) is 5.92 Å². The van der Waals surface area contributed by atoms with E-state index in [2.05, 4.69) is 10.2 Å². The molecule has 0 saturated heterocycles. The average Bonchev–Trinajstić information content (AvgIpc) is 2.92. The number of nitrogens with zero attached hydrogens (tertiary/aromatic N) is 2. The van der Waals surface area contributed by atoms with Crippen LogP contribution in [-0.4, -0.2) is 60.9 Å². The Hall–Kier alpha value is -2.86. The summed E-state index contributed by atoms with van der Waals surface area (Å²) in [7, 11) is 3.98. The SMILES string of the molecule is CC(C)C(=O)NC(Cc1ccccc1)C(=O)N1Cc2ccccc2OCC1CN(C)C. The van der Waals surface area contributed by atoms with Crippen LogP contribution < -0.4 is 10.1 Å². The van der Waals surface area contributed by atoms with E-state index in [1.165, 1.54) is 0 Å². The number of ether oxygens (including phenoxy) is 1. The molecule has 6 nitrogen and oxygen atoms in total. The second-order valence-corrected chi connectivity index (χ2v) is 8.71. The Morgan fingerprint density at radius 1 is 1.10 bits per heavy atom. The van der Waals surface area contributed by atoms with E-state index < -0.39 is 6.04 Å². The Kier molecular flexibility index (Phi) is 7.69. The molecule has 2 atom stereocenters. The van der Waals surface area contributed by atoms with Crippen LogP contribution in [0.5, 0.6) is 5.75 Å². The maximum atomic E-state index is 13.9. The lowest BCUT2D eigenvalue weighted by Crippen LogP contribution is -2.55. The van der Waals surface area contributed by atoms with Crippen molar-refractivity contribution in [3.63, 3.8) is 0 Å². The van der Waals surface area contributed by atoms with Gasteiger partial charge in [-0.3, -0.25) is 9.59 Å². The van der Waals surface area contributed by atoms with Crippen molar-refractivity contribution in [1.82, 2.24) is 15.1 Å². The summed E-state index contributed by atoms with van der Waals surface area (Å²) in [6, 6.07) is 16.9. The molecule has 2 unspecified atom stereocenters. The average molecular weight is 424 g/mol. The van der Waals surface area contributed by atoms with E-state index in [9.17, 15) is 9.59 Å². The van der Waals surface area contributed by atoms with Crippen LogP contribution in [0.3, 0.4) is 0 Å². The lowest BCUT2D eigenvalue weighted by atomic mass is 10.0. The van der Waals surface area contributed by atoms with Gasteiger partial charge in [0.15, 0.2) is 0 Å². The summed E-state index contributed by atoms with van der Waals surface area (Å²) < 4.78 is 6.05. The van der Waals surface area contributed by atoms with Gasteiger partial charge in [-0.25, -0.2) is 0 Å². The molecule has 1 heterocycles. The summed E-state index contributed by atoms with van der Waals surface area (Å²) in [4.78, 5) is 30.3. The molecular weight excluding hydrogens is 390 g/mol. The van der Waals surface area contributed by atoms with Crippen molar-refractivity contribution >= 4 is 11.8 Å². The van der Waals surface area contributed by atoms with Crippen molar-refractivity contribution in [2.45, 2.75) is 38.9 Å². The third-order valence-corrected chi connectivity index (χ3v) is 5.47. The zero-order chi connectivity index (χ0) is 22.4. The predicted molar refractivity (Wildman–Crippen MR) is 122 cm³/mol. The first-order chi connectivity index (χ1) is 14.8. The van der Waals surface area contributed by atoms with Gasteiger partial charge in [0.2, 0.25) is 11.8 Å². The molecule has 0 bridgehead atoms. The number of benzene rings is 2. The lowest BCUT2D eigenvalue weighted by Gasteiger charge is -2.34. The molecule has 2 aromatic rings. The van der Waals surface area contributed by atoms with Crippen LogP contribution in [0, 0.1) is 5.92 Å². The van der Waals surface area contributed by atoms with E-state index in [-0.39, 0.29) is 23.8 Å². The standard InChI is InChI=1S/C25H33N3O3/c1-18(2)24(29)26-22(14-19-10-6-5-7-11-19)25(30)28-15-20-12-8-9-13-23(20)31-17-21(28)16-27(3)4/h5-13,18,21-22H,14-17H2,1-4H3,(H,26,29). The van der Waals surface area contributed by atoms with Gasteiger partial charge >= 0.3 is 0 Å². The highest BCUT2D eigenvalue weighted by atomic mass is 16.5. The van der Waals surface area contributed by atoms with Crippen LogP contribution in [0.15, 0.2) is 54.6 Å². The number of carbonyl (C=O) groups excluding carboxylic acids is 2. The Balaban J connectivity index is 1.91. The number of hydrogen-bond donors (Lipinski definition) is 1. The highest BCUT2D eigenvalue weighted by molar-refractivity contribution is 5.88. The van der Waals surface area contributed by atoms with Crippen LogP contribution in [0.2, 0.25) is 0 Å². The topological polar surface area (TPSA) is 61.9 Å². The van der Waals surface area contributed by atoms with E-state index in [0.717, 1.165) is 16.9 Å². The minimum atomic E-state index is -0.632. The Labute approximate surface area is 185 Å². The van der Waals surface area contributed by atoms with Crippen molar-refractivity contribution in [3.05, 3.63) is 65.7 Å². The van der Waals surface area contributed by atoms with Crippen LogP contribution in [0.4, 0.5) is 0 Å². The van der Waals surface area contributed by atoms with E-state index in [4.69, 9.17) is 4.74 Å². The molecule has 3 rings (SSSR count). The summed E-state index contributed by atoms with van der Waals surface area (Å²) in [6.45, 7) is 5.22. The van der Waals surface area contributed by atoms with Gasteiger partial charge in [0.05, 0.1) is 6.04 Å². The van der Waals surface area contributed by atoms with Gasteiger partial charge in [-0.05, 0) is 25.7 Å². The Morgan fingerprint density at radius 2 is 1.77 bits per heavy atom. The first kappa shape index (κ1) is 22.8. The molecule has 6 heteroatoms. The van der Waals surface area contributed by atoms with Gasteiger partial charge in [-0.15, -0.1) is 0 Å². The van der Waals surface area contributed by atoms with Gasteiger partial charge < -0.3 is 19.9 Å². The van der Waals surface area contributed by atoms with Crippen molar-refractivity contribution in [3.8, 4) is 5.75 Å². The normalized spacial score (nSPS) is 17.0. The smallest absolute Gasteiger partial charge is 0.246 e. The van der Waals surface area contributed by atoms with E-state index >= 15 is 0 Å². The van der Waals surface area contributed by atoms with Gasteiger partial charge in [-0.1, -0.05) is 62.4 Å². The zero-order valence-corrected chi connectivity index (χ0v) is 18.9. The first-order valence-corrected chi connectivity index (χ1v) is 10.9. The molecular formula is C25H33N3O3.